The number of hydrogen-bond donors (Lipinski definition) is 2. The van der Waals surface area contributed by atoms with Crippen molar-refractivity contribution in [3.63, 3.8) is 0 Å². The van der Waals surface area contributed by atoms with E-state index in [0.717, 1.165) is 23.9 Å². The Balaban J connectivity index is 1.84. The monoisotopic (exact) mass is 573 g/mol. The number of benzene rings is 3. The minimum Gasteiger partial charge on any atom is -0.482 e. The average molecular weight is 573 g/mol. The number of carbonyl (C=O) groups is 1. The van der Waals surface area contributed by atoms with Crippen LogP contribution >= 0.6 is 0 Å². The Kier molecular flexibility index (Phi) is 7.02. The average Bonchev–Trinajstić information content (AvgIpc) is 3.26. The summed E-state index contributed by atoms with van der Waals surface area (Å²) in [4.78, 5) is 13.1. The SMILES string of the molecule is Cc1ccc(S(=O)(=O)c2c[nH]c3ccc(Oc4c(C(F)(F)F)cc(OCC(=O)O)cc4C(F)(F)F)cc23)cc1. The first-order valence-corrected chi connectivity index (χ1v) is 12.3. The Bertz CT molecular complexity index is 1620. The molecule has 1 heterocycles. The van der Waals surface area contributed by atoms with Crippen molar-refractivity contribution in [1.29, 1.82) is 0 Å². The van der Waals surface area contributed by atoms with Crippen LogP contribution in [0.4, 0.5) is 26.3 Å². The highest BCUT2D eigenvalue weighted by atomic mass is 32.2. The van der Waals surface area contributed by atoms with Gasteiger partial charge in [-0.3, -0.25) is 0 Å². The van der Waals surface area contributed by atoms with Gasteiger partial charge in [-0.1, -0.05) is 17.7 Å². The zero-order valence-corrected chi connectivity index (χ0v) is 20.5. The van der Waals surface area contributed by atoms with Gasteiger partial charge in [0.05, 0.1) is 9.79 Å². The van der Waals surface area contributed by atoms with Crippen LogP contribution in [-0.2, 0) is 27.0 Å². The maximum absolute atomic E-state index is 13.8. The second-order valence-electron chi connectivity index (χ2n) is 8.30. The van der Waals surface area contributed by atoms with E-state index in [0.29, 0.717) is 0 Å². The van der Waals surface area contributed by atoms with Crippen molar-refractivity contribution in [2.24, 2.45) is 0 Å². The van der Waals surface area contributed by atoms with Crippen LogP contribution in [0.25, 0.3) is 10.9 Å². The van der Waals surface area contributed by atoms with E-state index in [9.17, 15) is 39.6 Å². The van der Waals surface area contributed by atoms with Gasteiger partial charge in [0.15, 0.2) is 12.4 Å². The molecule has 0 saturated carbocycles. The molecule has 0 aliphatic rings. The molecule has 0 unspecified atom stereocenters. The van der Waals surface area contributed by atoms with Gasteiger partial charge < -0.3 is 19.6 Å². The van der Waals surface area contributed by atoms with Gasteiger partial charge >= 0.3 is 18.3 Å². The summed E-state index contributed by atoms with van der Waals surface area (Å²) in [7, 11) is -4.12. The molecule has 0 radical (unpaired) electrons. The summed E-state index contributed by atoms with van der Waals surface area (Å²) in [6.07, 6.45) is -9.58. The summed E-state index contributed by atoms with van der Waals surface area (Å²) in [6.45, 7) is 0.568. The minimum atomic E-state index is -5.37. The minimum absolute atomic E-state index is 0.0309. The fourth-order valence-electron chi connectivity index (χ4n) is 3.68. The van der Waals surface area contributed by atoms with Crippen LogP contribution in [-0.4, -0.2) is 31.1 Å². The number of carboxylic acids is 1. The van der Waals surface area contributed by atoms with Crippen molar-refractivity contribution >= 4 is 26.7 Å². The van der Waals surface area contributed by atoms with Gasteiger partial charge in [0.25, 0.3) is 0 Å². The standard InChI is InChI=1S/C25H17F6NO6S/c1-13-2-5-16(6-3-13)39(35,36)21-11-32-20-7-4-14(8-17(20)21)38-23-18(24(26,27)28)9-15(37-12-22(33)34)10-19(23)25(29,30)31/h2-11,32H,12H2,1H3,(H,33,34). The molecule has 4 rings (SSSR count). The predicted octanol–water partition coefficient (Wildman–Crippen LogP) is 6.60. The molecule has 0 aliphatic heterocycles. The highest BCUT2D eigenvalue weighted by molar-refractivity contribution is 7.91. The topological polar surface area (TPSA) is 106 Å². The molecule has 7 nitrogen and oxygen atoms in total. The number of nitrogens with one attached hydrogen (secondary N) is 1. The molecule has 2 N–H and O–H groups in total. The summed E-state index contributed by atoms with van der Waals surface area (Å²) in [5.41, 5.74) is -2.72. The number of sulfone groups is 1. The quantitative estimate of drug-likeness (QED) is 0.241. The number of rotatable bonds is 7. The molecule has 0 saturated heterocycles. The molecule has 14 heteroatoms. The van der Waals surface area contributed by atoms with Gasteiger partial charge in [-0.15, -0.1) is 0 Å². The number of aromatic amines is 1. The summed E-state index contributed by atoms with van der Waals surface area (Å²) >= 11 is 0. The molecule has 39 heavy (non-hydrogen) atoms. The van der Waals surface area contributed by atoms with E-state index in [2.05, 4.69) is 9.72 Å². The molecule has 4 aromatic rings. The first-order valence-electron chi connectivity index (χ1n) is 10.8. The Morgan fingerprint density at radius 3 is 2.03 bits per heavy atom. The molecule has 206 valence electrons. The molecule has 0 aliphatic carbocycles. The van der Waals surface area contributed by atoms with Gasteiger partial charge in [-0.05, 0) is 49.4 Å². The fraction of sp³-hybridized carbons (Fsp3) is 0.160. The van der Waals surface area contributed by atoms with E-state index in [4.69, 9.17) is 9.84 Å². The third-order valence-corrected chi connectivity index (χ3v) is 7.30. The van der Waals surface area contributed by atoms with E-state index in [-0.39, 0.29) is 32.8 Å². The predicted molar refractivity (Wildman–Crippen MR) is 125 cm³/mol. The zero-order chi connectivity index (χ0) is 28.8. The van der Waals surface area contributed by atoms with E-state index in [1.165, 1.54) is 18.2 Å². The third kappa shape index (κ3) is 5.79. The van der Waals surface area contributed by atoms with Crippen LogP contribution in [0, 0.1) is 6.92 Å². The summed E-state index contributed by atoms with van der Waals surface area (Å²) < 4.78 is 119. The Hall–Kier alpha value is -4.20. The van der Waals surface area contributed by atoms with Crippen molar-refractivity contribution in [1.82, 2.24) is 4.98 Å². The first kappa shape index (κ1) is 27.8. The van der Waals surface area contributed by atoms with Crippen LogP contribution in [0.15, 0.2) is 70.6 Å². The van der Waals surface area contributed by atoms with Crippen molar-refractivity contribution in [3.05, 3.63) is 77.5 Å². The van der Waals surface area contributed by atoms with Crippen molar-refractivity contribution in [3.8, 4) is 17.2 Å². The lowest BCUT2D eigenvalue weighted by atomic mass is 10.1. The maximum Gasteiger partial charge on any atom is 0.420 e. The summed E-state index contributed by atoms with van der Waals surface area (Å²) in [5, 5.41) is 8.65. The lowest BCUT2D eigenvalue weighted by Crippen LogP contribution is -2.16. The first-order chi connectivity index (χ1) is 18.1. The fourth-order valence-corrected chi connectivity index (χ4v) is 5.10. The van der Waals surface area contributed by atoms with E-state index >= 15 is 0 Å². The molecule has 0 amide bonds. The molecule has 0 fully saturated rings. The number of ether oxygens (including phenoxy) is 2. The van der Waals surface area contributed by atoms with Crippen LogP contribution in [0.1, 0.15) is 16.7 Å². The van der Waals surface area contributed by atoms with Crippen molar-refractivity contribution < 1.29 is 54.1 Å². The number of hydrogen-bond acceptors (Lipinski definition) is 5. The maximum atomic E-state index is 13.8. The summed E-state index contributed by atoms with van der Waals surface area (Å²) in [5.74, 6) is -4.74. The lowest BCUT2D eigenvalue weighted by Gasteiger charge is -2.20. The van der Waals surface area contributed by atoms with E-state index in [1.54, 1.807) is 19.1 Å². The number of aryl methyl sites for hydroxylation is 1. The number of fused-ring (bicyclic) bond motifs is 1. The molecular weight excluding hydrogens is 556 g/mol. The number of alkyl halides is 6. The number of halogens is 6. The van der Waals surface area contributed by atoms with Crippen LogP contribution in [0.5, 0.6) is 17.2 Å². The highest BCUT2D eigenvalue weighted by Gasteiger charge is 2.43. The largest absolute Gasteiger partial charge is 0.482 e. The molecule has 1 aromatic heterocycles. The number of aliphatic carboxylic acids is 1. The van der Waals surface area contributed by atoms with Crippen LogP contribution in [0.3, 0.4) is 0 Å². The molecule has 3 aromatic carbocycles. The van der Waals surface area contributed by atoms with Gasteiger partial charge in [-0.25, -0.2) is 13.2 Å². The second-order valence-corrected chi connectivity index (χ2v) is 10.2. The lowest BCUT2D eigenvalue weighted by molar-refractivity contribution is -0.145. The second kappa shape index (κ2) is 9.84. The molecule has 0 spiro atoms. The number of H-pyrrole nitrogens is 1. The zero-order valence-electron chi connectivity index (χ0n) is 19.6. The highest BCUT2D eigenvalue weighted by Crippen LogP contribution is 2.48. The Morgan fingerprint density at radius 2 is 1.49 bits per heavy atom. The van der Waals surface area contributed by atoms with Crippen LogP contribution < -0.4 is 9.47 Å². The van der Waals surface area contributed by atoms with Gasteiger partial charge in [0, 0.05) is 17.1 Å². The Labute approximate surface area is 216 Å². The normalized spacial score (nSPS) is 12.5. The van der Waals surface area contributed by atoms with Gasteiger partial charge in [0.2, 0.25) is 9.84 Å². The number of carboxylic acid groups (broad SMARTS) is 1. The third-order valence-electron chi connectivity index (χ3n) is 5.49. The number of aromatic nitrogens is 1. The van der Waals surface area contributed by atoms with Crippen LogP contribution in [0.2, 0.25) is 0 Å². The van der Waals surface area contributed by atoms with Crippen molar-refractivity contribution in [2.75, 3.05) is 6.61 Å². The van der Waals surface area contributed by atoms with Gasteiger partial charge in [0.1, 0.15) is 22.6 Å². The molecular formula is C25H17F6NO6S. The van der Waals surface area contributed by atoms with E-state index < -0.39 is 63.1 Å². The molecule has 0 bridgehead atoms. The summed E-state index contributed by atoms with van der Waals surface area (Å²) in [6, 6.07) is 9.55. The Morgan fingerprint density at radius 1 is 0.897 bits per heavy atom. The van der Waals surface area contributed by atoms with E-state index in [1.807, 2.05) is 0 Å². The smallest absolute Gasteiger partial charge is 0.420 e. The van der Waals surface area contributed by atoms with Crippen molar-refractivity contribution in [2.45, 2.75) is 29.1 Å². The molecule has 0 atom stereocenters. The van der Waals surface area contributed by atoms with Gasteiger partial charge in [-0.2, -0.15) is 26.3 Å².